The third-order valence-corrected chi connectivity index (χ3v) is 14.8. The lowest BCUT2D eigenvalue weighted by molar-refractivity contribution is -0.137. The van der Waals surface area contributed by atoms with Gasteiger partial charge in [-0.3, -0.25) is 29.3 Å². The van der Waals surface area contributed by atoms with E-state index in [0.717, 1.165) is 62.7 Å². The normalized spacial score (nSPS) is 28.6. The van der Waals surface area contributed by atoms with Gasteiger partial charge in [-0.05, 0) is 117 Å². The van der Waals surface area contributed by atoms with Crippen molar-refractivity contribution in [3.63, 3.8) is 0 Å². The highest BCUT2D eigenvalue weighted by Gasteiger charge is 2.66. The van der Waals surface area contributed by atoms with Crippen molar-refractivity contribution in [1.82, 2.24) is 25.8 Å². The quantitative estimate of drug-likeness (QED) is 0.157. The number of anilines is 1. The standard InChI is InChI=1S/C49H53Cl2FN6O5/c1-48(2,3)25-39-49(35-17-12-29(50)24-37(35)54-47(49)63)41(33-8-5-9-36(51)42(33)52)43(55-39)45(61)53-30-13-15-31(16-14-30)57-22-20-27(21-23-57)10-11-28-6-4-7-32-34(28)26-58(46(32)62)38-18-19-40(59)56-44(38)60/h4-9,12,17,24,27,30-31,38-39,41,43,55H,13-16,18-23,25-26H2,1-3H3,(H,53,61)(H,54,63)(H,56,59,60)/t30?,31?,38?,39-,41-,43+,49+/m0/s1. The first-order valence-corrected chi connectivity index (χ1v) is 23.0. The molecule has 5 amide bonds. The summed E-state index contributed by atoms with van der Waals surface area (Å²) in [5.74, 6) is 4.05. The molecule has 5 aliphatic heterocycles. The molecule has 6 aliphatic rings. The second-order valence-corrected chi connectivity index (χ2v) is 20.3. The third kappa shape index (κ3) is 8.04. The molecule has 1 spiro atoms. The largest absolute Gasteiger partial charge is 0.352 e. The summed E-state index contributed by atoms with van der Waals surface area (Å²) in [5.41, 5.74) is 2.12. The van der Waals surface area contributed by atoms with Crippen molar-refractivity contribution in [1.29, 1.82) is 0 Å². The highest BCUT2D eigenvalue weighted by molar-refractivity contribution is 6.31. The average molecular weight is 896 g/mol. The molecule has 9 rings (SSSR count). The smallest absolute Gasteiger partial charge is 0.255 e. The second kappa shape index (κ2) is 17.0. The number of piperidine rings is 2. The van der Waals surface area contributed by atoms with Crippen LogP contribution in [0, 0.1) is 29.0 Å². The van der Waals surface area contributed by atoms with Crippen LogP contribution in [0.25, 0.3) is 0 Å². The van der Waals surface area contributed by atoms with Gasteiger partial charge in [0, 0.05) is 64.8 Å². The Balaban J connectivity index is 0.849. The van der Waals surface area contributed by atoms with Crippen molar-refractivity contribution in [2.75, 3.05) is 18.4 Å². The summed E-state index contributed by atoms with van der Waals surface area (Å²) in [5, 5.41) is 12.7. The number of hydrogen-bond donors (Lipinski definition) is 4. The lowest BCUT2D eigenvalue weighted by atomic mass is 9.62. The molecule has 0 radical (unpaired) electrons. The van der Waals surface area contributed by atoms with E-state index in [1.165, 1.54) is 6.07 Å². The van der Waals surface area contributed by atoms with E-state index in [4.69, 9.17) is 23.2 Å². The molecule has 0 aromatic heterocycles. The van der Waals surface area contributed by atoms with Crippen LogP contribution in [0.15, 0.2) is 54.6 Å². The molecular weight excluding hydrogens is 842 g/mol. The Morgan fingerprint density at radius 1 is 0.937 bits per heavy atom. The molecule has 3 saturated heterocycles. The van der Waals surface area contributed by atoms with Crippen molar-refractivity contribution in [2.24, 2.45) is 11.3 Å². The van der Waals surface area contributed by atoms with Gasteiger partial charge in [0.25, 0.3) is 5.91 Å². The van der Waals surface area contributed by atoms with Gasteiger partial charge >= 0.3 is 0 Å². The van der Waals surface area contributed by atoms with E-state index in [-0.39, 0.29) is 58.0 Å². The van der Waals surface area contributed by atoms with Gasteiger partial charge in [0.15, 0.2) is 0 Å². The number of benzene rings is 3. The lowest BCUT2D eigenvalue weighted by Gasteiger charge is -2.40. The Labute approximate surface area is 377 Å². The van der Waals surface area contributed by atoms with Crippen molar-refractivity contribution in [2.45, 2.75) is 127 Å². The van der Waals surface area contributed by atoms with Gasteiger partial charge in [0.05, 0.1) is 11.1 Å². The fourth-order valence-corrected chi connectivity index (χ4v) is 11.7. The van der Waals surface area contributed by atoms with E-state index in [1.807, 2.05) is 18.2 Å². The number of carbonyl (C=O) groups excluding carboxylic acids is 5. The summed E-state index contributed by atoms with van der Waals surface area (Å²) in [6, 6.07) is 13.9. The lowest BCUT2D eigenvalue weighted by Crippen LogP contribution is -2.52. The fraction of sp³-hybridized carbons (Fsp3) is 0.490. The minimum absolute atomic E-state index is 0.0673. The Morgan fingerprint density at radius 2 is 1.68 bits per heavy atom. The number of nitrogens with zero attached hydrogens (tertiary/aromatic N) is 2. The van der Waals surface area contributed by atoms with Gasteiger partial charge in [-0.25, -0.2) is 4.39 Å². The SMILES string of the molecule is CC(C)(C)C[C@@H]1N[C@@H](C(=O)NC2CCC(N3CCC(C#Cc4cccc5c4CN(C4CCC(=O)NC4=O)C5=O)CC3)CC2)[C@H](c2cccc(Cl)c2F)[C@]12C(=O)Nc1cc(Cl)ccc12. The first-order valence-electron chi connectivity index (χ1n) is 22.3. The maximum absolute atomic E-state index is 16.2. The molecule has 0 bridgehead atoms. The van der Waals surface area contributed by atoms with Crippen LogP contribution >= 0.6 is 23.2 Å². The number of carbonyl (C=O) groups is 5. The molecular formula is C49H53Cl2FN6O5. The molecule has 1 unspecified atom stereocenters. The molecule has 330 valence electrons. The number of rotatable bonds is 6. The molecule has 3 aromatic rings. The highest BCUT2D eigenvalue weighted by atomic mass is 35.5. The van der Waals surface area contributed by atoms with Gasteiger partial charge in [0.1, 0.15) is 17.3 Å². The Hall–Kier alpha value is -4.80. The van der Waals surface area contributed by atoms with Gasteiger partial charge in [-0.2, -0.15) is 0 Å². The first kappa shape index (κ1) is 43.5. The molecule has 4 N–H and O–H groups in total. The number of hydrogen-bond acceptors (Lipinski definition) is 7. The maximum atomic E-state index is 16.2. The molecule has 11 nitrogen and oxygen atoms in total. The summed E-state index contributed by atoms with van der Waals surface area (Å²) in [6.45, 7) is 8.41. The molecule has 5 heterocycles. The average Bonchev–Trinajstić information content (AvgIpc) is 3.86. The zero-order valence-electron chi connectivity index (χ0n) is 35.8. The van der Waals surface area contributed by atoms with Gasteiger partial charge in [-0.15, -0.1) is 0 Å². The zero-order chi connectivity index (χ0) is 44.4. The van der Waals surface area contributed by atoms with Crippen molar-refractivity contribution >= 4 is 58.4 Å². The van der Waals surface area contributed by atoms with Crippen molar-refractivity contribution in [3.8, 4) is 11.8 Å². The van der Waals surface area contributed by atoms with Crippen LogP contribution in [0.2, 0.25) is 10.0 Å². The van der Waals surface area contributed by atoms with E-state index in [9.17, 15) is 24.0 Å². The summed E-state index contributed by atoms with van der Waals surface area (Å²) in [4.78, 5) is 70.8. The number of fused-ring (bicyclic) bond motifs is 3. The third-order valence-electron chi connectivity index (χ3n) is 14.3. The zero-order valence-corrected chi connectivity index (χ0v) is 37.3. The van der Waals surface area contributed by atoms with E-state index in [0.29, 0.717) is 47.3 Å². The predicted molar refractivity (Wildman–Crippen MR) is 239 cm³/mol. The number of imide groups is 1. The minimum atomic E-state index is -1.31. The van der Waals surface area contributed by atoms with E-state index >= 15 is 4.39 Å². The molecule has 1 saturated carbocycles. The summed E-state index contributed by atoms with van der Waals surface area (Å²) in [6.07, 6.45) is 6.36. The topological polar surface area (TPSA) is 140 Å². The number of halogens is 3. The number of amides is 5. The van der Waals surface area contributed by atoms with Gasteiger partial charge in [0.2, 0.25) is 23.6 Å². The second-order valence-electron chi connectivity index (χ2n) is 19.4. The molecule has 4 fully saturated rings. The Kier molecular flexibility index (Phi) is 11.7. The molecule has 14 heteroatoms. The van der Waals surface area contributed by atoms with Crippen molar-refractivity contribution < 1.29 is 28.4 Å². The van der Waals surface area contributed by atoms with Crippen LogP contribution in [-0.2, 0) is 31.1 Å². The van der Waals surface area contributed by atoms with Crippen LogP contribution < -0.4 is 21.3 Å². The van der Waals surface area contributed by atoms with Crippen LogP contribution in [-0.4, -0.2) is 82.6 Å². The van der Waals surface area contributed by atoms with Crippen LogP contribution in [0.1, 0.15) is 117 Å². The van der Waals surface area contributed by atoms with Crippen LogP contribution in [0.5, 0.6) is 0 Å². The van der Waals surface area contributed by atoms with Gasteiger partial charge < -0.3 is 25.8 Å². The van der Waals surface area contributed by atoms with Gasteiger partial charge in [-0.1, -0.05) is 80.1 Å². The summed E-state index contributed by atoms with van der Waals surface area (Å²) < 4.78 is 16.2. The van der Waals surface area contributed by atoms with Crippen LogP contribution in [0.3, 0.4) is 0 Å². The molecule has 1 aliphatic carbocycles. The van der Waals surface area contributed by atoms with Crippen LogP contribution in [0.4, 0.5) is 10.1 Å². The minimum Gasteiger partial charge on any atom is -0.352 e. The predicted octanol–water partition coefficient (Wildman–Crippen LogP) is 6.83. The highest BCUT2D eigenvalue weighted by Crippen LogP contribution is 2.57. The molecule has 3 aromatic carbocycles. The summed E-state index contributed by atoms with van der Waals surface area (Å²) in [7, 11) is 0. The number of nitrogens with one attached hydrogen (secondary N) is 4. The van der Waals surface area contributed by atoms with E-state index < -0.39 is 41.2 Å². The Morgan fingerprint density at radius 3 is 2.41 bits per heavy atom. The molecule has 63 heavy (non-hydrogen) atoms. The molecule has 5 atom stereocenters. The monoisotopic (exact) mass is 894 g/mol. The maximum Gasteiger partial charge on any atom is 0.255 e. The van der Waals surface area contributed by atoms with Crippen molar-refractivity contribution in [3.05, 3.63) is 98.3 Å². The Bertz CT molecular complexity index is 2450. The first-order chi connectivity index (χ1) is 30.1. The van der Waals surface area contributed by atoms with E-state index in [2.05, 4.69) is 58.8 Å². The summed E-state index contributed by atoms with van der Waals surface area (Å²) >= 11 is 12.8. The number of likely N-dealkylation sites (tertiary alicyclic amines) is 1. The fourth-order valence-electron chi connectivity index (χ4n) is 11.3. The van der Waals surface area contributed by atoms with E-state index in [1.54, 1.807) is 35.2 Å².